The average Bonchev–Trinajstić information content (AvgIpc) is 2.74. The fraction of sp³-hybridized carbons (Fsp3) is 0.200. The summed E-state index contributed by atoms with van der Waals surface area (Å²) in [7, 11) is 0. The van der Waals surface area contributed by atoms with E-state index in [1.54, 1.807) is 6.07 Å². The maximum absolute atomic E-state index is 12.0. The topological polar surface area (TPSA) is 63.6 Å². The van der Waals surface area contributed by atoms with Crippen LogP contribution in [0.1, 0.15) is 30.5 Å². The number of ketones is 1. The summed E-state index contributed by atoms with van der Waals surface area (Å²) in [6.07, 6.45) is 0. The van der Waals surface area contributed by atoms with Crippen LogP contribution >= 0.6 is 22.9 Å². The van der Waals surface area contributed by atoms with Crippen molar-refractivity contribution in [2.45, 2.75) is 13.8 Å². The molecule has 4 nitrogen and oxygen atoms in total. The van der Waals surface area contributed by atoms with Crippen LogP contribution in [0.25, 0.3) is 0 Å². The highest BCUT2D eigenvalue weighted by atomic mass is 35.5. The molecule has 1 aromatic heterocycles. The van der Waals surface area contributed by atoms with E-state index in [-0.39, 0.29) is 23.7 Å². The Morgan fingerprint density at radius 3 is 2.52 bits per heavy atom. The SMILES string of the molecule is Cc1cc(C(=O)COC(=O)c2ccc(Cl)cc2O)c(C)s1. The summed E-state index contributed by atoms with van der Waals surface area (Å²) in [5, 5.41) is 9.93. The highest BCUT2D eigenvalue weighted by Crippen LogP contribution is 2.23. The smallest absolute Gasteiger partial charge is 0.342 e. The molecule has 0 fully saturated rings. The number of rotatable bonds is 4. The molecule has 0 aliphatic carbocycles. The van der Waals surface area contributed by atoms with Crippen molar-refractivity contribution in [3.63, 3.8) is 0 Å². The number of phenolic OH excluding ortho intramolecular Hbond substituents is 1. The molecule has 0 unspecified atom stereocenters. The predicted molar refractivity (Wildman–Crippen MR) is 81.5 cm³/mol. The third kappa shape index (κ3) is 3.62. The number of carbonyl (C=O) groups excluding carboxylic acids is 2. The summed E-state index contributed by atoms with van der Waals surface area (Å²) in [6, 6.07) is 5.83. The lowest BCUT2D eigenvalue weighted by molar-refractivity contribution is 0.0472. The van der Waals surface area contributed by atoms with E-state index in [0.29, 0.717) is 10.6 Å². The van der Waals surface area contributed by atoms with Crippen molar-refractivity contribution >= 4 is 34.7 Å². The first-order valence-electron chi connectivity index (χ1n) is 6.14. The zero-order valence-electron chi connectivity index (χ0n) is 11.5. The van der Waals surface area contributed by atoms with Gasteiger partial charge in [0.1, 0.15) is 11.3 Å². The minimum Gasteiger partial charge on any atom is -0.507 e. The second-order valence-electron chi connectivity index (χ2n) is 4.49. The van der Waals surface area contributed by atoms with Crippen LogP contribution in [0.5, 0.6) is 5.75 Å². The summed E-state index contributed by atoms with van der Waals surface area (Å²) < 4.78 is 4.94. The lowest BCUT2D eigenvalue weighted by Crippen LogP contribution is -2.14. The highest BCUT2D eigenvalue weighted by Gasteiger charge is 2.17. The Morgan fingerprint density at radius 2 is 1.95 bits per heavy atom. The molecule has 0 aliphatic heterocycles. The van der Waals surface area contributed by atoms with Crippen LogP contribution in [0, 0.1) is 13.8 Å². The number of benzene rings is 1. The second kappa shape index (κ2) is 6.28. The molecule has 0 saturated carbocycles. The first kappa shape index (κ1) is 15.5. The highest BCUT2D eigenvalue weighted by molar-refractivity contribution is 7.12. The molecule has 0 atom stereocenters. The van der Waals surface area contributed by atoms with Crippen molar-refractivity contribution in [1.29, 1.82) is 0 Å². The number of Topliss-reactive ketones (excluding diaryl/α,β-unsaturated/α-hetero) is 1. The van der Waals surface area contributed by atoms with Gasteiger partial charge in [-0.3, -0.25) is 4.79 Å². The van der Waals surface area contributed by atoms with E-state index in [9.17, 15) is 14.7 Å². The predicted octanol–water partition coefficient (Wildman–Crippen LogP) is 3.76. The van der Waals surface area contributed by atoms with Gasteiger partial charge in [-0.05, 0) is 38.1 Å². The number of esters is 1. The molecular formula is C15H13ClO4S. The molecule has 110 valence electrons. The van der Waals surface area contributed by atoms with Crippen LogP contribution in [-0.4, -0.2) is 23.5 Å². The number of aryl methyl sites for hydroxylation is 2. The number of halogens is 1. The maximum Gasteiger partial charge on any atom is 0.342 e. The van der Waals surface area contributed by atoms with Gasteiger partial charge in [-0.2, -0.15) is 0 Å². The molecule has 0 radical (unpaired) electrons. The Balaban J connectivity index is 2.04. The minimum atomic E-state index is -0.762. The quantitative estimate of drug-likeness (QED) is 0.687. The van der Waals surface area contributed by atoms with Gasteiger partial charge in [-0.25, -0.2) is 4.79 Å². The van der Waals surface area contributed by atoms with Crippen LogP contribution in [0.15, 0.2) is 24.3 Å². The van der Waals surface area contributed by atoms with Crippen LogP contribution < -0.4 is 0 Å². The van der Waals surface area contributed by atoms with Gasteiger partial charge in [0.2, 0.25) is 5.78 Å². The fourth-order valence-electron chi connectivity index (χ4n) is 1.87. The summed E-state index contributed by atoms with van der Waals surface area (Å²) in [4.78, 5) is 25.7. The van der Waals surface area contributed by atoms with Crippen molar-refractivity contribution in [3.8, 4) is 5.75 Å². The van der Waals surface area contributed by atoms with Crippen LogP contribution in [0.4, 0.5) is 0 Å². The minimum absolute atomic E-state index is 0.0228. The fourth-order valence-corrected chi connectivity index (χ4v) is 2.98. The lowest BCUT2D eigenvalue weighted by Gasteiger charge is -2.06. The number of carbonyl (C=O) groups is 2. The number of hydrogen-bond acceptors (Lipinski definition) is 5. The van der Waals surface area contributed by atoms with E-state index in [1.807, 2.05) is 13.8 Å². The van der Waals surface area contributed by atoms with Gasteiger partial charge < -0.3 is 9.84 Å². The van der Waals surface area contributed by atoms with Gasteiger partial charge in [0.05, 0.1) is 0 Å². The standard InChI is InChI=1S/C15H13ClO4S/c1-8-5-12(9(2)21-8)14(18)7-20-15(19)11-4-3-10(16)6-13(11)17/h3-6,17H,7H2,1-2H3. The van der Waals surface area contributed by atoms with Crippen LogP contribution in [0.2, 0.25) is 5.02 Å². The first-order chi connectivity index (χ1) is 9.88. The first-order valence-corrected chi connectivity index (χ1v) is 7.34. The third-order valence-electron chi connectivity index (χ3n) is 2.86. The number of hydrogen-bond donors (Lipinski definition) is 1. The maximum atomic E-state index is 12.0. The van der Waals surface area contributed by atoms with Crippen LogP contribution in [0.3, 0.4) is 0 Å². The molecule has 1 N–H and O–H groups in total. The van der Waals surface area contributed by atoms with Gasteiger partial charge in [0.15, 0.2) is 6.61 Å². The van der Waals surface area contributed by atoms with Crippen molar-refractivity contribution in [3.05, 3.63) is 50.2 Å². The third-order valence-corrected chi connectivity index (χ3v) is 4.06. The van der Waals surface area contributed by atoms with Gasteiger partial charge in [0, 0.05) is 20.3 Å². The van der Waals surface area contributed by atoms with Gasteiger partial charge in [-0.1, -0.05) is 11.6 Å². The molecule has 2 rings (SSSR count). The van der Waals surface area contributed by atoms with E-state index in [0.717, 1.165) is 9.75 Å². The van der Waals surface area contributed by atoms with Gasteiger partial charge >= 0.3 is 5.97 Å². The van der Waals surface area contributed by atoms with E-state index in [4.69, 9.17) is 16.3 Å². The molecule has 0 amide bonds. The van der Waals surface area contributed by atoms with Gasteiger partial charge in [0.25, 0.3) is 0 Å². The zero-order valence-corrected chi connectivity index (χ0v) is 13.0. The Morgan fingerprint density at radius 1 is 1.24 bits per heavy atom. The number of phenols is 1. The zero-order chi connectivity index (χ0) is 15.6. The largest absolute Gasteiger partial charge is 0.507 e. The summed E-state index contributed by atoms with van der Waals surface area (Å²) in [6.45, 7) is 3.39. The molecule has 1 heterocycles. The number of aromatic hydroxyl groups is 1. The normalized spacial score (nSPS) is 10.4. The Bertz CT molecular complexity index is 706. The van der Waals surface area contributed by atoms with Crippen molar-refractivity contribution in [2.24, 2.45) is 0 Å². The molecule has 0 saturated heterocycles. The van der Waals surface area contributed by atoms with Crippen LogP contribution in [-0.2, 0) is 4.74 Å². The summed E-state index contributed by atoms with van der Waals surface area (Å²) in [5.74, 6) is -1.30. The Hall–Kier alpha value is -1.85. The Kier molecular flexibility index (Phi) is 4.65. The molecular weight excluding hydrogens is 312 g/mol. The number of thiophene rings is 1. The van der Waals surface area contributed by atoms with E-state index in [1.165, 1.54) is 29.5 Å². The molecule has 6 heteroatoms. The van der Waals surface area contributed by atoms with E-state index < -0.39 is 5.97 Å². The second-order valence-corrected chi connectivity index (χ2v) is 6.38. The molecule has 2 aromatic rings. The molecule has 0 spiro atoms. The van der Waals surface area contributed by atoms with Crippen molar-refractivity contribution in [2.75, 3.05) is 6.61 Å². The van der Waals surface area contributed by atoms with Crippen molar-refractivity contribution in [1.82, 2.24) is 0 Å². The van der Waals surface area contributed by atoms with Gasteiger partial charge in [-0.15, -0.1) is 11.3 Å². The lowest BCUT2D eigenvalue weighted by atomic mass is 10.1. The molecule has 21 heavy (non-hydrogen) atoms. The molecule has 1 aromatic carbocycles. The van der Waals surface area contributed by atoms with E-state index >= 15 is 0 Å². The monoisotopic (exact) mass is 324 g/mol. The number of ether oxygens (including phenoxy) is 1. The Labute approximate surface area is 130 Å². The average molecular weight is 325 g/mol. The summed E-state index contributed by atoms with van der Waals surface area (Å²) in [5.41, 5.74) is 0.538. The molecule has 0 bridgehead atoms. The van der Waals surface area contributed by atoms with E-state index in [2.05, 4.69) is 0 Å². The molecule has 0 aliphatic rings. The van der Waals surface area contributed by atoms with Crippen molar-refractivity contribution < 1.29 is 19.4 Å². The summed E-state index contributed by atoms with van der Waals surface area (Å²) >= 11 is 7.20.